The highest BCUT2D eigenvalue weighted by Gasteiger charge is 2.52. The van der Waals surface area contributed by atoms with Crippen LogP contribution in [-0.4, -0.2) is 97.7 Å². The van der Waals surface area contributed by atoms with Crippen molar-refractivity contribution in [3.8, 4) is 0 Å². The number of H-pyrrole nitrogens is 1. The SMILES string of the molecule is Nc1nc2c(ncn2[C@@H]2O[C@H](COP(O)(O)=S)[C@@H](O[P+](=O)OC[C@@H]3C[C@@H](F)[C@H](n4cnc5c(N)ncnc54)O3)[C@H]2O)c(=O)[nH]1. The molecule has 0 aromatic carbocycles. The zero-order valence-electron chi connectivity index (χ0n) is 22.1. The van der Waals surface area contributed by atoms with Crippen LogP contribution >= 0.6 is 15.0 Å². The highest BCUT2D eigenvalue weighted by Crippen LogP contribution is 2.43. The smallest absolute Gasteiger partial charge is 0.385 e. The van der Waals surface area contributed by atoms with Crippen LogP contribution in [0.4, 0.5) is 16.2 Å². The number of hydrogen-bond donors (Lipinski definition) is 6. The lowest BCUT2D eigenvalue weighted by molar-refractivity contribution is -0.0486. The lowest BCUT2D eigenvalue weighted by Crippen LogP contribution is -2.35. The quantitative estimate of drug-likeness (QED) is 0.113. The molecule has 0 radical (unpaired) electrons. The first kappa shape index (κ1) is 30.9. The third-order valence-corrected chi connectivity index (χ3v) is 8.38. The molecule has 2 aliphatic rings. The number of nitrogen functional groups attached to an aromatic ring is 2. The first-order valence-electron chi connectivity index (χ1n) is 12.6. The fraction of sp³-hybridized carbons (Fsp3) is 0.500. The van der Waals surface area contributed by atoms with Gasteiger partial charge in [0, 0.05) is 11.0 Å². The van der Waals surface area contributed by atoms with Crippen LogP contribution in [0.25, 0.3) is 22.3 Å². The number of aromatic nitrogens is 8. The third kappa shape index (κ3) is 6.06. The van der Waals surface area contributed by atoms with E-state index in [4.69, 9.17) is 34.5 Å². The van der Waals surface area contributed by atoms with Crippen LogP contribution in [0.1, 0.15) is 18.9 Å². The number of alkyl halides is 1. The molecule has 0 amide bonds. The molecule has 24 heteroatoms. The molecule has 2 saturated heterocycles. The van der Waals surface area contributed by atoms with Gasteiger partial charge in [0.2, 0.25) is 5.95 Å². The topological polar surface area (TPSA) is 283 Å². The minimum Gasteiger partial charge on any atom is -0.385 e. The van der Waals surface area contributed by atoms with E-state index in [0.29, 0.717) is 0 Å². The molecule has 0 saturated carbocycles. The lowest BCUT2D eigenvalue weighted by atomic mass is 10.1. The van der Waals surface area contributed by atoms with Crippen molar-refractivity contribution in [3.05, 3.63) is 29.3 Å². The van der Waals surface area contributed by atoms with Gasteiger partial charge in [0.25, 0.3) is 5.56 Å². The largest absolute Gasteiger partial charge is 0.697 e. The first-order valence-corrected chi connectivity index (χ1v) is 16.4. The fourth-order valence-corrected chi connectivity index (χ4v) is 6.23. The first-order chi connectivity index (χ1) is 20.9. The minimum atomic E-state index is -4.16. The second kappa shape index (κ2) is 12.0. The summed E-state index contributed by atoms with van der Waals surface area (Å²) in [6.45, 7) is -5.13. The van der Waals surface area contributed by atoms with Crippen molar-refractivity contribution in [2.75, 3.05) is 24.7 Å². The second-order valence-corrected chi connectivity index (χ2v) is 13.3. The number of nitrogens with zero attached hydrogens (tertiary/aromatic N) is 7. The number of rotatable bonds is 10. The van der Waals surface area contributed by atoms with Crippen LogP contribution in [0.3, 0.4) is 0 Å². The normalized spacial score (nSPS) is 27.9. The molecule has 4 aromatic rings. The molecule has 236 valence electrons. The summed E-state index contributed by atoms with van der Waals surface area (Å²) < 4.78 is 57.5. The van der Waals surface area contributed by atoms with Crippen LogP contribution in [0.5, 0.6) is 0 Å². The van der Waals surface area contributed by atoms with Crippen molar-refractivity contribution < 1.29 is 46.9 Å². The number of aliphatic hydroxyl groups is 1. The number of nitrogens with two attached hydrogens (primary N) is 2. The fourth-order valence-electron chi connectivity index (χ4n) is 4.90. The van der Waals surface area contributed by atoms with Gasteiger partial charge in [-0.15, -0.1) is 9.05 Å². The summed E-state index contributed by atoms with van der Waals surface area (Å²) in [6, 6.07) is 0. The maximum absolute atomic E-state index is 14.9. The predicted molar refractivity (Wildman–Crippen MR) is 149 cm³/mol. The van der Waals surface area contributed by atoms with E-state index >= 15 is 0 Å². The highest BCUT2D eigenvalue weighted by molar-refractivity contribution is 8.06. The number of aliphatic hydroxyl groups excluding tert-OH is 1. The van der Waals surface area contributed by atoms with Gasteiger partial charge in [-0.3, -0.25) is 18.9 Å². The zero-order valence-corrected chi connectivity index (χ0v) is 24.7. The monoisotopic (exact) mass is 677 g/mol. The van der Waals surface area contributed by atoms with E-state index in [1.54, 1.807) is 0 Å². The van der Waals surface area contributed by atoms with Crippen molar-refractivity contribution in [2.24, 2.45) is 0 Å². The predicted octanol–water partition coefficient (Wildman–Crippen LogP) is -0.707. The van der Waals surface area contributed by atoms with Crippen molar-refractivity contribution in [3.63, 3.8) is 0 Å². The standard InChI is InChI=1S/C20H23FN10O10P2S/c21-8-1-7(39-18(8)30-5-26-10-14(22)24-4-25-15(10)30)2-37-42(34)41-13-9(3-38-43(35,36)44)40-19(12(13)32)31-6-27-11-16(31)28-20(23)29-17(11)33/h4-9,12-13,18-19,32H,1-3H2,(H6-,22,23,24,25,28,29,33,35,36,44)/p+1/t7-,8+,9+,12+,13+,18+,19+/m0/s1. The number of nitrogens with one attached hydrogen (secondary N) is 1. The molecule has 8 atom stereocenters. The van der Waals surface area contributed by atoms with Gasteiger partial charge in [-0.1, -0.05) is 0 Å². The third-order valence-electron chi connectivity index (χ3n) is 6.81. The summed E-state index contributed by atoms with van der Waals surface area (Å²) in [5, 5.41) is 11.1. The summed E-state index contributed by atoms with van der Waals surface area (Å²) in [5.74, 6) is -0.110. The number of fused-ring (bicyclic) bond motifs is 2. The number of aromatic amines is 1. The number of anilines is 2. The van der Waals surface area contributed by atoms with Gasteiger partial charge in [-0.05, 0) is 11.8 Å². The molecule has 4 aromatic heterocycles. The molecule has 44 heavy (non-hydrogen) atoms. The number of halogens is 1. The molecule has 0 spiro atoms. The summed E-state index contributed by atoms with van der Waals surface area (Å²) in [5.41, 5.74) is 11.2. The molecule has 0 bridgehead atoms. The van der Waals surface area contributed by atoms with E-state index in [2.05, 4.69) is 41.7 Å². The van der Waals surface area contributed by atoms with Gasteiger partial charge < -0.3 is 40.4 Å². The Morgan fingerprint density at radius 1 is 1.11 bits per heavy atom. The molecule has 20 nitrogen and oxygen atoms in total. The summed E-state index contributed by atoms with van der Waals surface area (Å²) >= 11 is 4.48. The molecule has 2 aliphatic heterocycles. The Hall–Kier alpha value is -3.14. The number of imidazole rings is 2. The highest BCUT2D eigenvalue weighted by atomic mass is 32.5. The Morgan fingerprint density at radius 3 is 2.59 bits per heavy atom. The van der Waals surface area contributed by atoms with E-state index in [9.17, 15) is 28.6 Å². The van der Waals surface area contributed by atoms with Gasteiger partial charge in [-0.25, -0.2) is 24.3 Å². The zero-order chi connectivity index (χ0) is 31.3. The van der Waals surface area contributed by atoms with Crippen LogP contribution in [0.2, 0.25) is 0 Å². The van der Waals surface area contributed by atoms with Crippen LogP contribution < -0.4 is 17.0 Å². The average Bonchev–Trinajstić information content (AvgIpc) is 3.72. The number of hydrogen-bond acceptors (Lipinski definition) is 16. The van der Waals surface area contributed by atoms with Crippen molar-refractivity contribution in [2.45, 2.75) is 49.5 Å². The number of ether oxygens (including phenoxy) is 2. The van der Waals surface area contributed by atoms with Crippen molar-refractivity contribution in [1.29, 1.82) is 0 Å². The minimum absolute atomic E-state index is 0.0424. The Kier molecular flexibility index (Phi) is 8.41. The van der Waals surface area contributed by atoms with Gasteiger partial charge in [0.05, 0.1) is 25.4 Å². The summed E-state index contributed by atoms with van der Waals surface area (Å²) in [7, 11) is -2.99. The van der Waals surface area contributed by atoms with E-state index in [1.165, 1.54) is 21.8 Å². The second-order valence-electron chi connectivity index (χ2n) is 9.69. The lowest BCUT2D eigenvalue weighted by Gasteiger charge is -2.16. The van der Waals surface area contributed by atoms with Crippen molar-refractivity contribution >= 4 is 60.9 Å². The molecule has 8 N–H and O–H groups in total. The van der Waals surface area contributed by atoms with Gasteiger partial charge in [-0.2, -0.15) is 4.98 Å². The molecule has 6 heterocycles. The van der Waals surface area contributed by atoms with E-state index in [1.807, 2.05) is 0 Å². The Labute approximate surface area is 250 Å². The van der Waals surface area contributed by atoms with Crippen LogP contribution in [-0.2, 0) is 39.4 Å². The molecule has 0 aliphatic carbocycles. The van der Waals surface area contributed by atoms with Gasteiger partial charge >= 0.3 is 15.0 Å². The summed E-state index contributed by atoms with van der Waals surface area (Å²) in [6.07, 6.45) is -5.56. The van der Waals surface area contributed by atoms with Gasteiger partial charge in [0.1, 0.15) is 36.8 Å². The molecule has 2 fully saturated rings. The van der Waals surface area contributed by atoms with Crippen molar-refractivity contribution in [1.82, 2.24) is 39.0 Å². The summed E-state index contributed by atoms with van der Waals surface area (Å²) in [4.78, 5) is 53.5. The average molecular weight is 677 g/mol. The van der Waals surface area contributed by atoms with Crippen LogP contribution in [0, 0.1) is 0 Å². The maximum Gasteiger partial charge on any atom is 0.697 e. The molecular weight excluding hydrogens is 653 g/mol. The van der Waals surface area contributed by atoms with E-state index in [0.717, 1.165) is 6.33 Å². The Bertz CT molecular complexity index is 1820. The maximum atomic E-state index is 14.9. The van der Waals surface area contributed by atoms with Gasteiger partial charge in [0.15, 0.2) is 41.2 Å². The Morgan fingerprint density at radius 2 is 1.84 bits per heavy atom. The molecule has 6 rings (SSSR count). The Balaban J connectivity index is 1.13. The molecular formula is C20H24FN10O10P2S+. The van der Waals surface area contributed by atoms with E-state index < -0.39 is 70.2 Å². The molecule has 1 unspecified atom stereocenters. The van der Waals surface area contributed by atoms with E-state index in [-0.39, 0.29) is 47.1 Å². The van der Waals surface area contributed by atoms with Crippen LogP contribution in [0.15, 0.2) is 23.8 Å².